The van der Waals surface area contributed by atoms with Crippen molar-refractivity contribution in [3.63, 3.8) is 0 Å². The van der Waals surface area contributed by atoms with E-state index >= 15 is 0 Å². The van der Waals surface area contributed by atoms with E-state index in [1.807, 2.05) is 54.7 Å². The highest BCUT2D eigenvalue weighted by Crippen LogP contribution is 2.31. The number of carbonyl (C=O) groups excluding carboxylic acids is 1. The fourth-order valence-corrected chi connectivity index (χ4v) is 3.86. The Morgan fingerprint density at radius 2 is 2.14 bits per heavy atom. The van der Waals surface area contributed by atoms with Gasteiger partial charge in [-0.3, -0.25) is 9.48 Å². The Hall–Kier alpha value is -2.83. The van der Waals surface area contributed by atoms with E-state index in [2.05, 4.69) is 10.3 Å². The second-order valence-electron chi connectivity index (χ2n) is 7.95. The van der Waals surface area contributed by atoms with Crippen molar-refractivity contribution in [2.24, 2.45) is 12.2 Å². The molecule has 29 heavy (non-hydrogen) atoms. The summed E-state index contributed by atoms with van der Waals surface area (Å²) < 4.78 is 7.16. The Labute approximate surface area is 171 Å². The molecule has 1 aromatic carbocycles. The van der Waals surface area contributed by atoms with Crippen LogP contribution in [0.3, 0.4) is 0 Å². The van der Waals surface area contributed by atoms with E-state index in [1.165, 1.54) is 0 Å². The lowest BCUT2D eigenvalue weighted by Crippen LogP contribution is -2.40. The summed E-state index contributed by atoms with van der Waals surface area (Å²) in [5, 5.41) is 8.70. The van der Waals surface area contributed by atoms with Gasteiger partial charge in [-0.25, -0.2) is 0 Å². The van der Waals surface area contributed by atoms with E-state index < -0.39 is 6.10 Å². The van der Waals surface area contributed by atoms with Gasteiger partial charge in [-0.05, 0) is 44.4 Å². The molecule has 1 aliphatic heterocycles. The normalized spacial score (nSPS) is 18.3. The highest BCUT2D eigenvalue weighted by molar-refractivity contribution is 5.94. The summed E-state index contributed by atoms with van der Waals surface area (Å²) in [5.74, 6) is 0.844. The van der Waals surface area contributed by atoms with Gasteiger partial charge < -0.3 is 14.5 Å². The molecule has 0 spiro atoms. The van der Waals surface area contributed by atoms with Crippen molar-refractivity contribution in [2.45, 2.75) is 58.2 Å². The predicted molar refractivity (Wildman–Crippen MR) is 110 cm³/mol. The molecule has 0 saturated heterocycles. The number of amides is 1. The molecule has 7 nitrogen and oxygen atoms in total. The van der Waals surface area contributed by atoms with Crippen LogP contribution in [-0.2, 0) is 29.6 Å². The summed E-state index contributed by atoms with van der Waals surface area (Å²) in [6, 6.07) is 8.19. The first-order valence-electron chi connectivity index (χ1n) is 10.1. The highest BCUT2D eigenvalue weighted by Gasteiger charge is 2.39. The molecule has 1 fully saturated rings. The van der Waals surface area contributed by atoms with Gasteiger partial charge in [0.1, 0.15) is 5.75 Å². The first kappa shape index (κ1) is 19.5. The van der Waals surface area contributed by atoms with Gasteiger partial charge in [0.25, 0.3) is 5.91 Å². The zero-order chi connectivity index (χ0) is 20.5. The van der Waals surface area contributed by atoms with Crippen LogP contribution in [-0.4, -0.2) is 45.6 Å². The lowest BCUT2D eigenvalue weighted by molar-refractivity contribution is -0.143. The predicted octanol–water partition coefficient (Wildman–Crippen LogP) is 2.92. The van der Waals surface area contributed by atoms with Crippen molar-refractivity contribution < 1.29 is 14.4 Å². The van der Waals surface area contributed by atoms with E-state index in [9.17, 15) is 4.79 Å². The first-order valence-corrected chi connectivity index (χ1v) is 10.1. The number of methoxy groups -OCH3 is 1. The molecule has 1 aliphatic carbocycles. The van der Waals surface area contributed by atoms with Crippen molar-refractivity contribution in [1.29, 1.82) is 0 Å². The molecule has 1 aromatic heterocycles. The number of nitrogens with zero attached hydrogens (tertiary/aromatic N) is 4. The molecule has 2 heterocycles. The van der Waals surface area contributed by atoms with E-state index in [1.54, 1.807) is 7.11 Å². The Morgan fingerprint density at radius 3 is 2.79 bits per heavy atom. The standard InChI is InChI=1S/C22H28N4O3/c1-14-20(15(2)25(3)23-14)13-26(18-8-9-18)22(27)21-12-17(24-29-21)10-16-6-5-7-19(11-16)28-4/h5-7,11,18,21H,8-10,12-13H2,1-4H3. The zero-order valence-corrected chi connectivity index (χ0v) is 17.5. The number of carbonyl (C=O) groups is 1. The smallest absolute Gasteiger partial charge is 0.267 e. The quantitative estimate of drug-likeness (QED) is 0.722. The molecule has 7 heteroatoms. The average molecular weight is 396 g/mol. The van der Waals surface area contributed by atoms with Gasteiger partial charge in [-0.2, -0.15) is 5.10 Å². The summed E-state index contributed by atoms with van der Waals surface area (Å²) in [5.41, 5.74) is 5.19. The molecule has 1 atom stereocenters. The summed E-state index contributed by atoms with van der Waals surface area (Å²) in [6.07, 6.45) is 2.76. The van der Waals surface area contributed by atoms with Gasteiger partial charge in [-0.15, -0.1) is 0 Å². The molecule has 1 saturated carbocycles. The molecule has 1 amide bonds. The molecular formula is C22H28N4O3. The fraction of sp³-hybridized carbons (Fsp3) is 0.500. The number of oxime groups is 1. The second-order valence-corrected chi connectivity index (χ2v) is 7.95. The van der Waals surface area contributed by atoms with Gasteiger partial charge in [0.2, 0.25) is 6.10 Å². The van der Waals surface area contributed by atoms with Crippen LogP contribution in [0.5, 0.6) is 5.75 Å². The average Bonchev–Trinajstić information content (AvgIpc) is 3.40. The SMILES string of the molecule is COc1cccc(CC2=NOC(C(=O)N(Cc3c(C)nn(C)c3C)C3CC3)C2)c1. The number of ether oxygens (including phenoxy) is 1. The number of aryl methyl sites for hydroxylation is 2. The van der Waals surface area contributed by atoms with Crippen LogP contribution in [0.4, 0.5) is 0 Å². The van der Waals surface area contributed by atoms with Crippen LogP contribution in [0.25, 0.3) is 0 Å². The van der Waals surface area contributed by atoms with Crippen LogP contribution in [0.2, 0.25) is 0 Å². The number of hydrogen-bond acceptors (Lipinski definition) is 5. The monoisotopic (exact) mass is 396 g/mol. The first-order chi connectivity index (χ1) is 14.0. The number of benzene rings is 1. The molecule has 2 aromatic rings. The van der Waals surface area contributed by atoms with E-state index in [-0.39, 0.29) is 5.91 Å². The Balaban J connectivity index is 1.42. The van der Waals surface area contributed by atoms with Crippen LogP contribution in [0, 0.1) is 13.8 Å². The Kier molecular flexibility index (Phi) is 5.30. The molecule has 154 valence electrons. The van der Waals surface area contributed by atoms with Crippen molar-refractivity contribution in [1.82, 2.24) is 14.7 Å². The van der Waals surface area contributed by atoms with E-state index in [0.717, 1.165) is 46.8 Å². The molecule has 1 unspecified atom stereocenters. The molecule has 0 bridgehead atoms. The number of rotatable bonds is 7. The van der Waals surface area contributed by atoms with Crippen LogP contribution < -0.4 is 4.74 Å². The maximum atomic E-state index is 13.2. The minimum atomic E-state index is -0.534. The van der Waals surface area contributed by atoms with Crippen molar-refractivity contribution in [2.75, 3.05) is 7.11 Å². The maximum absolute atomic E-state index is 13.2. The van der Waals surface area contributed by atoms with Crippen molar-refractivity contribution in [3.05, 3.63) is 46.8 Å². The largest absolute Gasteiger partial charge is 0.497 e. The van der Waals surface area contributed by atoms with E-state index in [4.69, 9.17) is 9.57 Å². The summed E-state index contributed by atoms with van der Waals surface area (Å²) in [6.45, 7) is 4.63. The van der Waals surface area contributed by atoms with Crippen molar-refractivity contribution in [3.8, 4) is 5.75 Å². The van der Waals surface area contributed by atoms with Gasteiger partial charge in [0.05, 0.1) is 18.5 Å². The third kappa shape index (κ3) is 4.13. The van der Waals surface area contributed by atoms with Crippen LogP contribution in [0.15, 0.2) is 29.4 Å². The number of hydrogen-bond donors (Lipinski definition) is 0. The molecule has 0 radical (unpaired) electrons. The summed E-state index contributed by atoms with van der Waals surface area (Å²) in [7, 11) is 3.59. The van der Waals surface area contributed by atoms with Crippen LogP contribution >= 0.6 is 0 Å². The van der Waals surface area contributed by atoms with Gasteiger partial charge >= 0.3 is 0 Å². The Morgan fingerprint density at radius 1 is 1.34 bits per heavy atom. The Bertz CT molecular complexity index is 946. The fourth-order valence-electron chi connectivity index (χ4n) is 3.86. The van der Waals surface area contributed by atoms with Crippen LogP contribution in [0.1, 0.15) is 41.8 Å². The van der Waals surface area contributed by atoms with Gasteiger partial charge in [0.15, 0.2) is 0 Å². The molecule has 4 rings (SSSR count). The third-order valence-electron chi connectivity index (χ3n) is 5.81. The molecule has 2 aliphatic rings. The van der Waals surface area contributed by atoms with E-state index in [0.29, 0.717) is 25.4 Å². The third-order valence-corrected chi connectivity index (χ3v) is 5.81. The minimum absolute atomic E-state index is 0.0274. The molecule has 0 N–H and O–H groups in total. The molecular weight excluding hydrogens is 368 g/mol. The highest BCUT2D eigenvalue weighted by atomic mass is 16.6. The zero-order valence-electron chi connectivity index (χ0n) is 17.5. The number of aromatic nitrogens is 2. The maximum Gasteiger partial charge on any atom is 0.267 e. The van der Waals surface area contributed by atoms with Crippen molar-refractivity contribution >= 4 is 11.6 Å². The lowest BCUT2D eigenvalue weighted by Gasteiger charge is -2.24. The topological polar surface area (TPSA) is 69.0 Å². The lowest BCUT2D eigenvalue weighted by atomic mass is 10.0. The minimum Gasteiger partial charge on any atom is -0.497 e. The van der Waals surface area contributed by atoms with Gasteiger partial charge in [-0.1, -0.05) is 17.3 Å². The second kappa shape index (κ2) is 7.89. The summed E-state index contributed by atoms with van der Waals surface area (Å²) >= 11 is 0. The summed E-state index contributed by atoms with van der Waals surface area (Å²) in [4.78, 5) is 20.8. The van der Waals surface area contributed by atoms with Gasteiger partial charge in [0, 0.05) is 43.7 Å².